The van der Waals surface area contributed by atoms with Crippen molar-refractivity contribution in [2.45, 2.75) is 43.7 Å². The molecule has 5 heteroatoms. The van der Waals surface area contributed by atoms with Crippen LogP contribution in [0.1, 0.15) is 32.0 Å². The van der Waals surface area contributed by atoms with Crippen molar-refractivity contribution in [2.75, 3.05) is 5.75 Å². The van der Waals surface area contributed by atoms with Gasteiger partial charge in [-0.3, -0.25) is 4.68 Å². The molecule has 0 amide bonds. The van der Waals surface area contributed by atoms with Gasteiger partial charge in [-0.2, -0.15) is 5.10 Å². The summed E-state index contributed by atoms with van der Waals surface area (Å²) in [5, 5.41) is 5.38. The van der Waals surface area contributed by atoms with E-state index in [2.05, 4.69) is 25.0 Å². The fourth-order valence-corrected chi connectivity index (χ4v) is 3.20. The SMILES string of the molecule is CCC(C)n1ccc(CC(N)CSc2ccccc2Cl)n1. The van der Waals surface area contributed by atoms with Gasteiger partial charge in [0, 0.05) is 35.3 Å². The number of nitrogens with zero attached hydrogens (tertiary/aromatic N) is 2. The Kier molecular flexibility index (Phi) is 6.15. The Morgan fingerprint density at radius 2 is 2.10 bits per heavy atom. The normalized spacial score (nSPS) is 14.1. The third-order valence-electron chi connectivity index (χ3n) is 3.47. The molecule has 0 aliphatic heterocycles. The molecule has 2 atom stereocenters. The Morgan fingerprint density at radius 3 is 2.81 bits per heavy atom. The maximum Gasteiger partial charge on any atom is 0.0640 e. The highest BCUT2D eigenvalue weighted by Gasteiger charge is 2.10. The van der Waals surface area contributed by atoms with Crippen molar-refractivity contribution in [3.8, 4) is 0 Å². The summed E-state index contributed by atoms with van der Waals surface area (Å²) in [6.45, 7) is 4.34. The molecule has 0 radical (unpaired) electrons. The van der Waals surface area contributed by atoms with Crippen LogP contribution in [0, 0.1) is 0 Å². The summed E-state index contributed by atoms with van der Waals surface area (Å²) in [6.07, 6.45) is 3.91. The maximum atomic E-state index is 6.21. The van der Waals surface area contributed by atoms with Gasteiger partial charge in [-0.1, -0.05) is 30.7 Å². The van der Waals surface area contributed by atoms with E-state index in [0.29, 0.717) is 6.04 Å². The Bertz CT molecular complexity index is 570. The Morgan fingerprint density at radius 1 is 1.33 bits per heavy atom. The van der Waals surface area contributed by atoms with Gasteiger partial charge in [-0.05, 0) is 31.5 Å². The van der Waals surface area contributed by atoms with E-state index in [1.54, 1.807) is 11.8 Å². The molecule has 1 aromatic carbocycles. The number of thioether (sulfide) groups is 1. The van der Waals surface area contributed by atoms with E-state index in [1.165, 1.54) is 0 Å². The number of halogens is 1. The quantitative estimate of drug-likeness (QED) is 0.778. The fraction of sp³-hybridized carbons (Fsp3) is 0.438. The van der Waals surface area contributed by atoms with Crippen molar-refractivity contribution < 1.29 is 0 Å². The van der Waals surface area contributed by atoms with E-state index in [9.17, 15) is 0 Å². The molecule has 3 nitrogen and oxygen atoms in total. The molecule has 2 N–H and O–H groups in total. The van der Waals surface area contributed by atoms with Crippen LogP contribution in [0.15, 0.2) is 41.4 Å². The zero-order chi connectivity index (χ0) is 15.2. The molecule has 0 saturated heterocycles. The van der Waals surface area contributed by atoms with Crippen LogP contribution < -0.4 is 5.73 Å². The lowest BCUT2D eigenvalue weighted by Crippen LogP contribution is -2.26. The van der Waals surface area contributed by atoms with Crippen molar-refractivity contribution in [1.29, 1.82) is 0 Å². The van der Waals surface area contributed by atoms with E-state index < -0.39 is 0 Å². The monoisotopic (exact) mass is 323 g/mol. The number of aromatic nitrogens is 2. The maximum absolute atomic E-state index is 6.21. The predicted molar refractivity (Wildman–Crippen MR) is 91.1 cm³/mol. The average Bonchev–Trinajstić information content (AvgIpc) is 2.94. The molecule has 0 saturated carbocycles. The highest BCUT2D eigenvalue weighted by atomic mass is 35.5. The first-order valence-corrected chi connectivity index (χ1v) is 8.63. The predicted octanol–water partition coefficient (Wildman–Crippen LogP) is 4.17. The smallest absolute Gasteiger partial charge is 0.0640 e. The van der Waals surface area contributed by atoms with Crippen LogP contribution in [0.5, 0.6) is 0 Å². The number of benzene rings is 1. The standard InChI is InChI=1S/C16H22ClN3S/c1-3-12(2)20-9-8-14(19-20)10-13(18)11-21-16-7-5-4-6-15(16)17/h4-9,12-13H,3,10-11,18H2,1-2H3. The number of hydrogen-bond donors (Lipinski definition) is 1. The molecule has 0 spiro atoms. The minimum atomic E-state index is 0.0755. The van der Waals surface area contributed by atoms with E-state index in [4.69, 9.17) is 17.3 Å². The molecule has 0 fully saturated rings. The summed E-state index contributed by atoms with van der Waals surface area (Å²) in [7, 11) is 0. The molecular formula is C16H22ClN3S. The van der Waals surface area contributed by atoms with Gasteiger partial charge in [-0.25, -0.2) is 0 Å². The molecule has 0 bridgehead atoms. The van der Waals surface area contributed by atoms with Gasteiger partial charge in [0.1, 0.15) is 0 Å². The second-order valence-corrected chi connectivity index (χ2v) is 6.72. The van der Waals surface area contributed by atoms with Crippen molar-refractivity contribution >= 4 is 23.4 Å². The van der Waals surface area contributed by atoms with Crippen LogP contribution in [0.25, 0.3) is 0 Å². The lowest BCUT2D eigenvalue weighted by molar-refractivity contribution is 0.472. The minimum Gasteiger partial charge on any atom is -0.327 e. The molecule has 0 aliphatic carbocycles. The van der Waals surface area contributed by atoms with Gasteiger partial charge >= 0.3 is 0 Å². The fourth-order valence-electron chi connectivity index (χ4n) is 2.00. The van der Waals surface area contributed by atoms with Crippen LogP contribution in [0.2, 0.25) is 5.02 Å². The van der Waals surface area contributed by atoms with Gasteiger partial charge in [0.05, 0.1) is 10.7 Å². The zero-order valence-electron chi connectivity index (χ0n) is 12.5. The summed E-state index contributed by atoms with van der Waals surface area (Å²) in [6, 6.07) is 10.4. The Labute approximate surface area is 135 Å². The molecule has 2 rings (SSSR count). The van der Waals surface area contributed by atoms with Crippen molar-refractivity contribution in [1.82, 2.24) is 9.78 Å². The molecule has 0 aliphatic rings. The van der Waals surface area contributed by atoms with Crippen LogP contribution >= 0.6 is 23.4 Å². The first kappa shape index (κ1) is 16.4. The lowest BCUT2D eigenvalue weighted by atomic mass is 10.2. The van der Waals surface area contributed by atoms with Crippen molar-refractivity contribution in [2.24, 2.45) is 5.73 Å². The summed E-state index contributed by atoms with van der Waals surface area (Å²) in [5.41, 5.74) is 7.27. The molecule has 1 heterocycles. The van der Waals surface area contributed by atoms with Crippen LogP contribution in [0.4, 0.5) is 0 Å². The third-order valence-corrected chi connectivity index (χ3v) is 5.17. The van der Waals surface area contributed by atoms with Gasteiger partial charge in [0.15, 0.2) is 0 Å². The van der Waals surface area contributed by atoms with Crippen LogP contribution in [0.3, 0.4) is 0 Å². The molecular weight excluding hydrogens is 302 g/mol. The second kappa shape index (κ2) is 7.87. The lowest BCUT2D eigenvalue weighted by Gasteiger charge is -2.11. The molecule has 1 aromatic heterocycles. The van der Waals surface area contributed by atoms with Gasteiger partial charge < -0.3 is 5.73 Å². The number of hydrogen-bond acceptors (Lipinski definition) is 3. The second-order valence-electron chi connectivity index (χ2n) is 5.25. The Balaban J connectivity index is 1.86. The highest BCUT2D eigenvalue weighted by molar-refractivity contribution is 7.99. The number of rotatable bonds is 7. The number of nitrogens with two attached hydrogens (primary N) is 1. The average molecular weight is 324 g/mol. The molecule has 2 aromatic rings. The Hall–Kier alpha value is -0.970. The molecule has 21 heavy (non-hydrogen) atoms. The van der Waals surface area contributed by atoms with Gasteiger partial charge in [-0.15, -0.1) is 11.8 Å². The van der Waals surface area contributed by atoms with E-state index in [0.717, 1.165) is 34.2 Å². The topological polar surface area (TPSA) is 43.8 Å². The van der Waals surface area contributed by atoms with Gasteiger partial charge in [0.2, 0.25) is 0 Å². The first-order chi connectivity index (χ1) is 10.1. The van der Waals surface area contributed by atoms with E-state index >= 15 is 0 Å². The van der Waals surface area contributed by atoms with E-state index in [1.807, 2.05) is 35.1 Å². The van der Waals surface area contributed by atoms with Crippen molar-refractivity contribution in [3.05, 3.63) is 47.2 Å². The van der Waals surface area contributed by atoms with Crippen LogP contribution in [-0.2, 0) is 6.42 Å². The summed E-state index contributed by atoms with van der Waals surface area (Å²) >= 11 is 7.85. The van der Waals surface area contributed by atoms with Crippen molar-refractivity contribution in [3.63, 3.8) is 0 Å². The minimum absolute atomic E-state index is 0.0755. The summed E-state index contributed by atoms with van der Waals surface area (Å²) < 4.78 is 2.02. The summed E-state index contributed by atoms with van der Waals surface area (Å²) in [5.74, 6) is 0.833. The zero-order valence-corrected chi connectivity index (χ0v) is 14.1. The largest absolute Gasteiger partial charge is 0.327 e. The van der Waals surface area contributed by atoms with Crippen LogP contribution in [-0.4, -0.2) is 21.6 Å². The molecule has 114 valence electrons. The molecule has 2 unspecified atom stereocenters. The van der Waals surface area contributed by atoms with E-state index in [-0.39, 0.29) is 6.04 Å². The van der Waals surface area contributed by atoms with Gasteiger partial charge in [0.25, 0.3) is 0 Å². The summed E-state index contributed by atoms with van der Waals surface area (Å²) in [4.78, 5) is 1.08. The third kappa shape index (κ3) is 4.77. The first-order valence-electron chi connectivity index (χ1n) is 7.27. The highest BCUT2D eigenvalue weighted by Crippen LogP contribution is 2.27.